The highest BCUT2D eigenvalue weighted by Crippen LogP contribution is 2.09. The molecule has 4 N–H and O–H groups in total. The molecule has 0 bridgehead atoms. The number of carbonyl (C=O) groups excluding carboxylic acids is 2. The summed E-state index contributed by atoms with van der Waals surface area (Å²) in [5, 5.41) is 5.77. The first kappa shape index (κ1) is 17.1. The van der Waals surface area contributed by atoms with Gasteiger partial charge in [-0.25, -0.2) is 0 Å². The van der Waals surface area contributed by atoms with E-state index in [4.69, 9.17) is 18.0 Å². The van der Waals surface area contributed by atoms with E-state index >= 15 is 0 Å². The van der Waals surface area contributed by atoms with Gasteiger partial charge in [0.05, 0.1) is 0 Å². The van der Waals surface area contributed by atoms with E-state index in [1.165, 1.54) is 0 Å². The molecule has 114 valence electrons. The maximum atomic E-state index is 11.7. The highest BCUT2D eigenvalue weighted by Gasteiger charge is 2.05. The maximum Gasteiger partial charge on any atom is 0.248 e. The van der Waals surface area contributed by atoms with Crippen LogP contribution in [0.15, 0.2) is 24.3 Å². The van der Waals surface area contributed by atoms with Crippen molar-refractivity contribution < 1.29 is 9.59 Å². The van der Waals surface area contributed by atoms with Crippen LogP contribution >= 0.6 is 12.2 Å². The molecule has 0 aliphatic heterocycles. The lowest BCUT2D eigenvalue weighted by Crippen LogP contribution is -2.33. The summed E-state index contributed by atoms with van der Waals surface area (Å²) in [6.45, 7) is 2.13. The summed E-state index contributed by atoms with van der Waals surface area (Å²) in [5.41, 5.74) is 6.27. The highest BCUT2D eigenvalue weighted by atomic mass is 32.1. The number of hydrogen-bond donors (Lipinski definition) is 3. The maximum absolute atomic E-state index is 11.7. The Bertz CT molecular complexity index is 500. The van der Waals surface area contributed by atoms with Gasteiger partial charge in [-0.3, -0.25) is 9.59 Å². The number of primary amides is 1. The normalized spacial score (nSPS) is 9.95. The molecule has 0 unspecified atom stereocenters. The Balaban J connectivity index is 2.35. The fourth-order valence-corrected chi connectivity index (χ4v) is 2.01. The largest absolute Gasteiger partial charge is 0.366 e. The lowest BCUT2D eigenvalue weighted by molar-refractivity contribution is -0.119. The Morgan fingerprint density at radius 3 is 2.38 bits per heavy atom. The second kappa shape index (κ2) is 9.07. The van der Waals surface area contributed by atoms with Gasteiger partial charge in [0.2, 0.25) is 11.8 Å². The SMILES string of the molecule is CCCCCCC(=O)NC(=S)Nc1ccc(C(N)=O)cc1. The van der Waals surface area contributed by atoms with Gasteiger partial charge in [-0.05, 0) is 42.9 Å². The Hall–Kier alpha value is -1.95. The van der Waals surface area contributed by atoms with E-state index in [9.17, 15) is 9.59 Å². The molecule has 21 heavy (non-hydrogen) atoms. The minimum absolute atomic E-state index is 0.0858. The van der Waals surface area contributed by atoms with Crippen LogP contribution in [-0.2, 0) is 4.79 Å². The standard InChI is InChI=1S/C15H21N3O2S/c1-2-3-4-5-6-13(19)18-15(21)17-12-9-7-11(8-10-12)14(16)20/h7-10H,2-6H2,1H3,(H2,16,20)(H2,17,18,19,21). The monoisotopic (exact) mass is 307 g/mol. The summed E-state index contributed by atoms with van der Waals surface area (Å²) >= 11 is 5.06. The molecule has 1 aromatic rings. The molecule has 0 heterocycles. The van der Waals surface area contributed by atoms with Gasteiger partial charge >= 0.3 is 0 Å². The van der Waals surface area contributed by atoms with E-state index in [2.05, 4.69) is 17.6 Å². The fourth-order valence-electron chi connectivity index (χ4n) is 1.78. The van der Waals surface area contributed by atoms with Crippen molar-refractivity contribution in [2.45, 2.75) is 39.0 Å². The Morgan fingerprint density at radius 2 is 1.81 bits per heavy atom. The lowest BCUT2D eigenvalue weighted by Gasteiger charge is -2.09. The number of anilines is 1. The van der Waals surface area contributed by atoms with Crippen LogP contribution in [0.2, 0.25) is 0 Å². The first-order chi connectivity index (χ1) is 10.0. The zero-order valence-corrected chi connectivity index (χ0v) is 13.0. The summed E-state index contributed by atoms with van der Waals surface area (Å²) < 4.78 is 0. The molecule has 5 nitrogen and oxygen atoms in total. The third-order valence-corrected chi connectivity index (χ3v) is 3.14. The average molecular weight is 307 g/mol. The van der Waals surface area contributed by atoms with Gasteiger partial charge in [0, 0.05) is 17.7 Å². The van der Waals surface area contributed by atoms with Crippen LogP contribution in [0.1, 0.15) is 49.4 Å². The number of rotatable bonds is 7. The van der Waals surface area contributed by atoms with E-state index in [0.29, 0.717) is 17.7 Å². The van der Waals surface area contributed by atoms with Gasteiger partial charge < -0.3 is 16.4 Å². The molecule has 1 rings (SSSR count). The molecule has 0 saturated carbocycles. The van der Waals surface area contributed by atoms with Crippen LogP contribution in [0, 0.1) is 0 Å². The van der Waals surface area contributed by atoms with Crippen molar-refractivity contribution in [1.29, 1.82) is 0 Å². The van der Waals surface area contributed by atoms with Crippen molar-refractivity contribution in [3.63, 3.8) is 0 Å². The molecule has 0 spiro atoms. The van der Waals surface area contributed by atoms with Crippen molar-refractivity contribution in [3.8, 4) is 0 Å². The summed E-state index contributed by atoms with van der Waals surface area (Å²) in [6, 6.07) is 6.55. The number of amides is 2. The van der Waals surface area contributed by atoms with Crippen LogP contribution < -0.4 is 16.4 Å². The Morgan fingerprint density at radius 1 is 1.14 bits per heavy atom. The third-order valence-electron chi connectivity index (χ3n) is 2.94. The molecule has 0 radical (unpaired) electrons. The molecule has 6 heteroatoms. The van der Waals surface area contributed by atoms with Crippen LogP contribution in [0.3, 0.4) is 0 Å². The third kappa shape index (κ3) is 6.85. The molecule has 1 aromatic carbocycles. The zero-order chi connectivity index (χ0) is 15.7. The highest BCUT2D eigenvalue weighted by molar-refractivity contribution is 7.80. The minimum Gasteiger partial charge on any atom is -0.366 e. The van der Waals surface area contributed by atoms with Crippen molar-refractivity contribution in [2.75, 3.05) is 5.32 Å². The van der Waals surface area contributed by atoms with Gasteiger partial charge in [0.15, 0.2) is 5.11 Å². The molecule has 0 fully saturated rings. The van der Waals surface area contributed by atoms with Gasteiger partial charge in [-0.2, -0.15) is 0 Å². The summed E-state index contributed by atoms with van der Waals surface area (Å²) in [4.78, 5) is 22.6. The topological polar surface area (TPSA) is 84.2 Å². The van der Waals surface area contributed by atoms with Crippen molar-refractivity contribution >= 4 is 34.8 Å². The van der Waals surface area contributed by atoms with E-state index in [0.717, 1.165) is 25.7 Å². The lowest BCUT2D eigenvalue weighted by atomic mass is 10.1. The predicted octanol–water partition coefficient (Wildman–Crippen LogP) is 2.57. The van der Waals surface area contributed by atoms with Gasteiger partial charge in [0.1, 0.15) is 0 Å². The fraction of sp³-hybridized carbons (Fsp3) is 0.400. The minimum atomic E-state index is -0.482. The molecular formula is C15H21N3O2S. The molecule has 0 aromatic heterocycles. The van der Waals surface area contributed by atoms with E-state index in [1.54, 1.807) is 24.3 Å². The quantitative estimate of drug-likeness (QED) is 0.534. The van der Waals surface area contributed by atoms with E-state index < -0.39 is 5.91 Å². The van der Waals surface area contributed by atoms with Gasteiger partial charge in [-0.15, -0.1) is 0 Å². The number of benzene rings is 1. The van der Waals surface area contributed by atoms with Crippen molar-refractivity contribution in [1.82, 2.24) is 5.32 Å². The average Bonchev–Trinajstić information content (AvgIpc) is 2.44. The van der Waals surface area contributed by atoms with Crippen LogP contribution in [0.25, 0.3) is 0 Å². The second-order valence-corrected chi connectivity index (χ2v) is 5.16. The van der Waals surface area contributed by atoms with Crippen molar-refractivity contribution in [2.24, 2.45) is 5.73 Å². The molecular weight excluding hydrogens is 286 g/mol. The van der Waals surface area contributed by atoms with Crippen molar-refractivity contribution in [3.05, 3.63) is 29.8 Å². The zero-order valence-electron chi connectivity index (χ0n) is 12.1. The number of hydrogen-bond acceptors (Lipinski definition) is 3. The number of nitrogens with one attached hydrogen (secondary N) is 2. The molecule has 0 saturated heterocycles. The Kier molecular flexibility index (Phi) is 7.39. The molecule has 2 amide bonds. The number of carbonyl (C=O) groups is 2. The molecule has 0 atom stereocenters. The smallest absolute Gasteiger partial charge is 0.248 e. The van der Waals surface area contributed by atoms with Gasteiger partial charge in [-0.1, -0.05) is 26.2 Å². The molecule has 0 aliphatic carbocycles. The Labute approximate surface area is 130 Å². The number of thiocarbonyl (C=S) groups is 1. The molecule has 0 aliphatic rings. The number of nitrogens with two attached hydrogens (primary N) is 1. The second-order valence-electron chi connectivity index (χ2n) is 4.75. The van der Waals surface area contributed by atoms with Crippen LogP contribution in [-0.4, -0.2) is 16.9 Å². The van der Waals surface area contributed by atoms with E-state index in [1.807, 2.05) is 0 Å². The van der Waals surface area contributed by atoms with Gasteiger partial charge in [0.25, 0.3) is 0 Å². The van der Waals surface area contributed by atoms with E-state index in [-0.39, 0.29) is 11.0 Å². The summed E-state index contributed by atoms with van der Waals surface area (Å²) in [6.07, 6.45) is 4.68. The summed E-state index contributed by atoms with van der Waals surface area (Å²) in [5.74, 6) is -0.568. The first-order valence-electron chi connectivity index (χ1n) is 7.03. The summed E-state index contributed by atoms with van der Waals surface area (Å²) in [7, 11) is 0. The first-order valence-corrected chi connectivity index (χ1v) is 7.44. The van der Waals surface area contributed by atoms with Crippen LogP contribution in [0.4, 0.5) is 5.69 Å². The number of unbranched alkanes of at least 4 members (excludes halogenated alkanes) is 3. The predicted molar refractivity (Wildman–Crippen MR) is 88.1 cm³/mol. The van der Waals surface area contributed by atoms with Crippen LogP contribution in [0.5, 0.6) is 0 Å².